The maximum atomic E-state index is 12.0. The molecule has 4 heteroatoms. The molecule has 0 heterocycles. The molecule has 0 fully saturated rings. The Balaban J connectivity index is 4.33. The molecule has 106 valence electrons. The van der Waals surface area contributed by atoms with Crippen LogP contribution in [0.15, 0.2) is 0 Å². The van der Waals surface area contributed by atoms with E-state index in [-0.39, 0.29) is 18.4 Å². The lowest BCUT2D eigenvalue weighted by molar-refractivity contribution is -0.140. The molecule has 0 aliphatic rings. The molecule has 0 aromatic rings. The summed E-state index contributed by atoms with van der Waals surface area (Å²) in [7, 11) is 0. The van der Waals surface area contributed by atoms with E-state index in [1.807, 2.05) is 18.7 Å². The standard InChI is InChI=1S/C14H28N2O2/c1-5-9-10-13(17)16(8-4)12-14(18)15(7-3)11-6-2/h5-12H2,1-4H3. The summed E-state index contributed by atoms with van der Waals surface area (Å²) in [6.07, 6.45) is 3.41. The fraction of sp³-hybridized carbons (Fsp3) is 0.857. The minimum Gasteiger partial charge on any atom is -0.341 e. The van der Waals surface area contributed by atoms with Gasteiger partial charge in [-0.05, 0) is 26.7 Å². The molecule has 0 radical (unpaired) electrons. The summed E-state index contributed by atoms with van der Waals surface area (Å²) in [5.41, 5.74) is 0. The summed E-state index contributed by atoms with van der Waals surface area (Å²) < 4.78 is 0. The third-order valence-corrected chi connectivity index (χ3v) is 3.03. The van der Waals surface area contributed by atoms with Gasteiger partial charge in [0.1, 0.15) is 0 Å². The number of hydrogen-bond acceptors (Lipinski definition) is 2. The molecular weight excluding hydrogens is 228 g/mol. The highest BCUT2D eigenvalue weighted by atomic mass is 16.2. The third-order valence-electron chi connectivity index (χ3n) is 3.03. The second-order valence-electron chi connectivity index (χ2n) is 4.48. The van der Waals surface area contributed by atoms with Crippen molar-refractivity contribution in [2.75, 3.05) is 26.2 Å². The second kappa shape index (κ2) is 9.92. The van der Waals surface area contributed by atoms with Crippen molar-refractivity contribution < 1.29 is 9.59 Å². The SMILES string of the molecule is CCCCC(=O)N(CC)CC(=O)N(CC)CCC. The monoisotopic (exact) mass is 256 g/mol. The molecule has 0 atom stereocenters. The van der Waals surface area contributed by atoms with E-state index in [0.717, 1.165) is 25.8 Å². The number of hydrogen-bond donors (Lipinski definition) is 0. The largest absolute Gasteiger partial charge is 0.341 e. The average Bonchev–Trinajstić information content (AvgIpc) is 2.38. The third kappa shape index (κ3) is 6.03. The average molecular weight is 256 g/mol. The molecule has 2 amide bonds. The zero-order valence-corrected chi connectivity index (χ0v) is 12.4. The first-order chi connectivity index (χ1) is 8.60. The van der Waals surface area contributed by atoms with E-state index in [1.54, 1.807) is 4.90 Å². The smallest absolute Gasteiger partial charge is 0.242 e. The van der Waals surface area contributed by atoms with Gasteiger partial charge in [-0.1, -0.05) is 20.3 Å². The fourth-order valence-corrected chi connectivity index (χ4v) is 1.85. The van der Waals surface area contributed by atoms with Gasteiger partial charge >= 0.3 is 0 Å². The highest BCUT2D eigenvalue weighted by Crippen LogP contribution is 2.02. The topological polar surface area (TPSA) is 40.6 Å². The lowest BCUT2D eigenvalue weighted by atomic mass is 10.2. The number of unbranched alkanes of at least 4 members (excludes halogenated alkanes) is 1. The van der Waals surface area contributed by atoms with Crippen LogP contribution in [-0.4, -0.2) is 47.8 Å². The first kappa shape index (κ1) is 16.9. The van der Waals surface area contributed by atoms with Gasteiger partial charge in [-0.3, -0.25) is 9.59 Å². The summed E-state index contributed by atoms with van der Waals surface area (Å²) in [4.78, 5) is 27.4. The normalized spacial score (nSPS) is 10.2. The molecule has 0 spiro atoms. The Morgan fingerprint density at radius 1 is 0.833 bits per heavy atom. The minimum atomic E-state index is 0.0612. The van der Waals surface area contributed by atoms with Crippen LogP contribution in [-0.2, 0) is 9.59 Å². The number of rotatable bonds is 9. The fourth-order valence-electron chi connectivity index (χ4n) is 1.85. The highest BCUT2D eigenvalue weighted by molar-refractivity contribution is 5.84. The summed E-state index contributed by atoms with van der Waals surface area (Å²) in [6.45, 7) is 10.3. The first-order valence-corrected chi connectivity index (χ1v) is 7.16. The summed E-state index contributed by atoms with van der Waals surface area (Å²) in [5.74, 6) is 0.159. The number of carbonyl (C=O) groups is 2. The van der Waals surface area contributed by atoms with Crippen LogP contribution in [0.25, 0.3) is 0 Å². The molecule has 0 rings (SSSR count). The molecular formula is C14H28N2O2. The van der Waals surface area contributed by atoms with Crippen LogP contribution in [0.3, 0.4) is 0 Å². The van der Waals surface area contributed by atoms with Crippen LogP contribution in [0.2, 0.25) is 0 Å². The van der Waals surface area contributed by atoms with Gasteiger partial charge in [-0.2, -0.15) is 0 Å². The van der Waals surface area contributed by atoms with E-state index in [0.29, 0.717) is 19.5 Å². The van der Waals surface area contributed by atoms with Crippen LogP contribution in [0, 0.1) is 0 Å². The molecule has 0 bridgehead atoms. The van der Waals surface area contributed by atoms with Crippen molar-refractivity contribution in [3.8, 4) is 0 Å². The first-order valence-electron chi connectivity index (χ1n) is 7.16. The van der Waals surface area contributed by atoms with Crippen LogP contribution in [0.4, 0.5) is 0 Å². The maximum absolute atomic E-state index is 12.0. The van der Waals surface area contributed by atoms with Crippen molar-refractivity contribution in [3.63, 3.8) is 0 Å². The molecule has 0 aromatic heterocycles. The Morgan fingerprint density at radius 3 is 1.89 bits per heavy atom. The maximum Gasteiger partial charge on any atom is 0.242 e. The van der Waals surface area contributed by atoms with E-state index in [2.05, 4.69) is 13.8 Å². The Hall–Kier alpha value is -1.06. The van der Waals surface area contributed by atoms with Crippen molar-refractivity contribution in [2.45, 2.75) is 53.4 Å². The quantitative estimate of drug-likeness (QED) is 0.635. The van der Waals surface area contributed by atoms with Gasteiger partial charge in [0.15, 0.2) is 0 Å². The lowest BCUT2D eigenvalue weighted by Gasteiger charge is -2.25. The Morgan fingerprint density at radius 2 is 1.44 bits per heavy atom. The van der Waals surface area contributed by atoms with E-state index in [9.17, 15) is 9.59 Å². The number of amides is 2. The lowest BCUT2D eigenvalue weighted by Crippen LogP contribution is -2.43. The molecule has 18 heavy (non-hydrogen) atoms. The van der Waals surface area contributed by atoms with Gasteiger partial charge in [0, 0.05) is 26.1 Å². The van der Waals surface area contributed by atoms with Crippen molar-refractivity contribution in [3.05, 3.63) is 0 Å². The number of nitrogens with zero attached hydrogens (tertiary/aromatic N) is 2. The van der Waals surface area contributed by atoms with Crippen molar-refractivity contribution in [1.29, 1.82) is 0 Å². The second-order valence-corrected chi connectivity index (χ2v) is 4.48. The molecule has 0 saturated carbocycles. The zero-order valence-electron chi connectivity index (χ0n) is 12.4. The van der Waals surface area contributed by atoms with Crippen LogP contribution in [0.1, 0.15) is 53.4 Å². The van der Waals surface area contributed by atoms with Gasteiger partial charge in [0.05, 0.1) is 6.54 Å². The predicted molar refractivity (Wildman–Crippen MR) is 74.3 cm³/mol. The highest BCUT2D eigenvalue weighted by Gasteiger charge is 2.18. The Bertz CT molecular complexity index is 254. The van der Waals surface area contributed by atoms with Crippen LogP contribution >= 0.6 is 0 Å². The molecule has 0 saturated heterocycles. The van der Waals surface area contributed by atoms with Crippen molar-refractivity contribution in [1.82, 2.24) is 9.80 Å². The van der Waals surface area contributed by atoms with Gasteiger partial charge < -0.3 is 9.80 Å². The molecule has 4 nitrogen and oxygen atoms in total. The molecule has 0 unspecified atom stereocenters. The van der Waals surface area contributed by atoms with Gasteiger partial charge in [-0.15, -0.1) is 0 Å². The molecule has 0 aliphatic heterocycles. The van der Waals surface area contributed by atoms with E-state index in [4.69, 9.17) is 0 Å². The zero-order chi connectivity index (χ0) is 14.0. The Kier molecular flexibility index (Phi) is 9.33. The van der Waals surface area contributed by atoms with Crippen LogP contribution < -0.4 is 0 Å². The van der Waals surface area contributed by atoms with E-state index in [1.165, 1.54) is 0 Å². The van der Waals surface area contributed by atoms with E-state index >= 15 is 0 Å². The van der Waals surface area contributed by atoms with Crippen molar-refractivity contribution in [2.24, 2.45) is 0 Å². The molecule has 0 aliphatic carbocycles. The predicted octanol–water partition coefficient (Wildman–Crippen LogP) is 2.28. The van der Waals surface area contributed by atoms with Crippen LogP contribution in [0.5, 0.6) is 0 Å². The molecule has 0 N–H and O–H groups in total. The number of carbonyl (C=O) groups excluding carboxylic acids is 2. The van der Waals surface area contributed by atoms with E-state index < -0.39 is 0 Å². The summed E-state index contributed by atoms with van der Waals surface area (Å²) in [5, 5.41) is 0. The van der Waals surface area contributed by atoms with Gasteiger partial charge in [0.2, 0.25) is 11.8 Å². The molecule has 0 aromatic carbocycles. The number of likely N-dealkylation sites (N-methyl/N-ethyl adjacent to an activating group) is 2. The Labute approximate surface area is 111 Å². The van der Waals surface area contributed by atoms with Gasteiger partial charge in [-0.25, -0.2) is 0 Å². The summed E-state index contributed by atoms with van der Waals surface area (Å²) in [6, 6.07) is 0. The van der Waals surface area contributed by atoms with Crippen molar-refractivity contribution >= 4 is 11.8 Å². The van der Waals surface area contributed by atoms with Gasteiger partial charge in [0.25, 0.3) is 0 Å². The minimum absolute atomic E-state index is 0.0612. The summed E-state index contributed by atoms with van der Waals surface area (Å²) >= 11 is 0.